The van der Waals surface area contributed by atoms with Crippen molar-refractivity contribution in [3.05, 3.63) is 35.4 Å². The molecule has 2 N–H and O–H groups in total. The summed E-state index contributed by atoms with van der Waals surface area (Å²) in [5, 5.41) is 0. The molecule has 1 nitrogen and oxygen atoms in total. The number of nitrogens with two attached hydrogens (primary N) is 1. The molecule has 1 aromatic carbocycles. The number of thioether (sulfide) groups is 1. The van der Waals surface area contributed by atoms with Crippen LogP contribution in [0.3, 0.4) is 0 Å². The van der Waals surface area contributed by atoms with E-state index in [1.54, 1.807) is 0 Å². The maximum Gasteiger partial charge on any atom is 0.0297 e. The summed E-state index contributed by atoms with van der Waals surface area (Å²) in [6.45, 7) is 4.54. The summed E-state index contributed by atoms with van der Waals surface area (Å²) in [5.41, 5.74) is 9.18. The van der Waals surface area contributed by atoms with E-state index in [1.165, 1.54) is 35.5 Å². The summed E-state index contributed by atoms with van der Waals surface area (Å²) in [4.78, 5) is 0. The smallest absolute Gasteiger partial charge is 0.0297 e. The lowest BCUT2D eigenvalue weighted by Crippen LogP contribution is -2.19. The summed E-state index contributed by atoms with van der Waals surface area (Å²) < 4.78 is 0. The quantitative estimate of drug-likeness (QED) is 0.862. The van der Waals surface area contributed by atoms with Crippen molar-refractivity contribution in [2.45, 2.75) is 45.6 Å². The zero-order valence-corrected chi connectivity index (χ0v) is 13.1. The molecular weight excluding hydrogens is 250 g/mol. The van der Waals surface area contributed by atoms with E-state index in [-0.39, 0.29) is 6.04 Å². The molecule has 1 saturated heterocycles. The number of rotatable bonds is 5. The van der Waals surface area contributed by atoms with E-state index in [1.807, 2.05) is 0 Å². The Kier molecular flexibility index (Phi) is 5.77. The van der Waals surface area contributed by atoms with Gasteiger partial charge in [-0.15, -0.1) is 0 Å². The maximum absolute atomic E-state index is 6.42. The lowest BCUT2D eigenvalue weighted by Gasteiger charge is -2.24. The predicted molar refractivity (Wildman–Crippen MR) is 86.6 cm³/mol. The van der Waals surface area contributed by atoms with Crippen LogP contribution in [0.15, 0.2) is 24.3 Å². The van der Waals surface area contributed by atoms with Gasteiger partial charge in [-0.3, -0.25) is 0 Å². The van der Waals surface area contributed by atoms with Crippen molar-refractivity contribution >= 4 is 11.8 Å². The minimum atomic E-state index is 0.222. The molecule has 1 heterocycles. The monoisotopic (exact) mass is 277 g/mol. The van der Waals surface area contributed by atoms with E-state index >= 15 is 0 Å². The van der Waals surface area contributed by atoms with Crippen LogP contribution in [0.1, 0.15) is 50.3 Å². The van der Waals surface area contributed by atoms with E-state index in [4.69, 9.17) is 5.73 Å². The molecule has 1 aromatic rings. The first-order valence-electron chi connectivity index (χ1n) is 7.57. The highest BCUT2D eigenvalue weighted by molar-refractivity contribution is 7.99. The third-order valence-electron chi connectivity index (χ3n) is 3.95. The molecule has 1 aliphatic heterocycles. The first kappa shape index (κ1) is 14.9. The standard InChI is InChI=1S/C17H27NS/c1-13(2)10-15-4-3-5-16(11-15)17(18)12-14-6-8-19-9-7-14/h3-5,11,13-14,17H,6-10,12,18H2,1-2H3. The lowest BCUT2D eigenvalue weighted by molar-refractivity contribution is 0.413. The molecular formula is C17H27NS. The fourth-order valence-corrected chi connectivity index (χ4v) is 4.10. The molecule has 0 bridgehead atoms. The van der Waals surface area contributed by atoms with Gasteiger partial charge in [-0.25, -0.2) is 0 Å². The molecule has 1 unspecified atom stereocenters. The van der Waals surface area contributed by atoms with E-state index in [0.717, 1.165) is 18.8 Å². The summed E-state index contributed by atoms with van der Waals surface area (Å²) in [7, 11) is 0. The average Bonchev–Trinajstić information content (AvgIpc) is 2.39. The molecule has 0 saturated carbocycles. The van der Waals surface area contributed by atoms with Crippen LogP contribution in [-0.4, -0.2) is 11.5 Å². The molecule has 106 valence electrons. The molecule has 1 fully saturated rings. The van der Waals surface area contributed by atoms with Gasteiger partial charge < -0.3 is 5.73 Å². The Morgan fingerprint density at radius 1 is 1.26 bits per heavy atom. The van der Waals surface area contributed by atoms with Crippen molar-refractivity contribution in [2.75, 3.05) is 11.5 Å². The van der Waals surface area contributed by atoms with Gasteiger partial charge in [0.1, 0.15) is 0 Å². The molecule has 2 heteroatoms. The lowest BCUT2D eigenvalue weighted by atomic mass is 9.90. The summed E-state index contributed by atoms with van der Waals surface area (Å²) >= 11 is 2.09. The topological polar surface area (TPSA) is 26.0 Å². The van der Waals surface area contributed by atoms with Gasteiger partial charge >= 0.3 is 0 Å². The minimum absolute atomic E-state index is 0.222. The zero-order valence-electron chi connectivity index (χ0n) is 12.3. The fourth-order valence-electron chi connectivity index (χ4n) is 2.90. The van der Waals surface area contributed by atoms with Gasteiger partial charge in [-0.2, -0.15) is 11.8 Å². The van der Waals surface area contributed by atoms with Gasteiger partial charge in [0.2, 0.25) is 0 Å². The van der Waals surface area contributed by atoms with Gasteiger partial charge in [0, 0.05) is 6.04 Å². The normalized spacial score (nSPS) is 18.7. The highest BCUT2D eigenvalue weighted by Gasteiger charge is 2.18. The largest absolute Gasteiger partial charge is 0.324 e. The summed E-state index contributed by atoms with van der Waals surface area (Å²) in [6.07, 6.45) is 5.01. The first-order valence-corrected chi connectivity index (χ1v) is 8.72. The Hall–Kier alpha value is -0.470. The summed E-state index contributed by atoms with van der Waals surface area (Å²) in [6, 6.07) is 9.14. The second-order valence-electron chi connectivity index (χ2n) is 6.24. The van der Waals surface area contributed by atoms with E-state index < -0.39 is 0 Å². The third kappa shape index (κ3) is 4.85. The van der Waals surface area contributed by atoms with Gasteiger partial charge in [0.25, 0.3) is 0 Å². The number of benzene rings is 1. The minimum Gasteiger partial charge on any atom is -0.324 e. The zero-order chi connectivity index (χ0) is 13.7. The van der Waals surface area contributed by atoms with Crippen molar-refractivity contribution in [1.29, 1.82) is 0 Å². The van der Waals surface area contributed by atoms with Crippen LogP contribution in [0, 0.1) is 11.8 Å². The molecule has 0 aliphatic carbocycles. The van der Waals surface area contributed by atoms with Gasteiger partial charge in [-0.05, 0) is 60.2 Å². The molecule has 0 amide bonds. The Balaban J connectivity index is 1.95. The fraction of sp³-hybridized carbons (Fsp3) is 0.647. The highest BCUT2D eigenvalue weighted by Crippen LogP contribution is 2.30. The van der Waals surface area contributed by atoms with E-state index in [9.17, 15) is 0 Å². The summed E-state index contributed by atoms with van der Waals surface area (Å²) in [5.74, 6) is 4.20. The molecule has 2 rings (SSSR count). The predicted octanol–water partition coefficient (Wildman–Crippen LogP) is 4.42. The van der Waals surface area contributed by atoms with Gasteiger partial charge in [-0.1, -0.05) is 38.1 Å². The van der Waals surface area contributed by atoms with Crippen molar-refractivity contribution in [1.82, 2.24) is 0 Å². The van der Waals surface area contributed by atoms with Crippen LogP contribution in [0.5, 0.6) is 0 Å². The molecule has 1 aliphatic rings. The number of hydrogen-bond donors (Lipinski definition) is 1. The van der Waals surface area contributed by atoms with Crippen LogP contribution in [0.25, 0.3) is 0 Å². The van der Waals surface area contributed by atoms with E-state index in [0.29, 0.717) is 5.92 Å². The van der Waals surface area contributed by atoms with Crippen molar-refractivity contribution in [2.24, 2.45) is 17.6 Å². The van der Waals surface area contributed by atoms with E-state index in [2.05, 4.69) is 49.9 Å². The Morgan fingerprint density at radius 3 is 2.68 bits per heavy atom. The van der Waals surface area contributed by atoms with Crippen molar-refractivity contribution in [3.8, 4) is 0 Å². The van der Waals surface area contributed by atoms with Crippen LogP contribution >= 0.6 is 11.8 Å². The second-order valence-corrected chi connectivity index (χ2v) is 7.47. The SMILES string of the molecule is CC(C)Cc1cccc(C(N)CC2CCSCC2)c1. The third-order valence-corrected chi connectivity index (χ3v) is 5.00. The Morgan fingerprint density at radius 2 is 2.00 bits per heavy atom. The molecule has 19 heavy (non-hydrogen) atoms. The number of hydrogen-bond acceptors (Lipinski definition) is 2. The van der Waals surface area contributed by atoms with Crippen molar-refractivity contribution < 1.29 is 0 Å². The van der Waals surface area contributed by atoms with Crippen LogP contribution in [-0.2, 0) is 6.42 Å². The molecule has 0 spiro atoms. The van der Waals surface area contributed by atoms with Crippen LogP contribution in [0.4, 0.5) is 0 Å². The maximum atomic E-state index is 6.42. The average molecular weight is 277 g/mol. The van der Waals surface area contributed by atoms with Gasteiger partial charge in [0.15, 0.2) is 0 Å². The first-order chi connectivity index (χ1) is 9.15. The van der Waals surface area contributed by atoms with Crippen LogP contribution < -0.4 is 5.73 Å². The second kappa shape index (κ2) is 7.35. The highest BCUT2D eigenvalue weighted by atomic mass is 32.2. The Bertz CT molecular complexity index is 383. The van der Waals surface area contributed by atoms with Crippen molar-refractivity contribution in [3.63, 3.8) is 0 Å². The Labute approximate surface area is 122 Å². The molecule has 1 atom stereocenters. The molecule has 0 aromatic heterocycles. The van der Waals surface area contributed by atoms with Crippen LogP contribution in [0.2, 0.25) is 0 Å². The molecule has 0 radical (unpaired) electrons. The van der Waals surface area contributed by atoms with Gasteiger partial charge in [0.05, 0.1) is 0 Å².